The predicted octanol–water partition coefficient (Wildman–Crippen LogP) is -1.18. The molecule has 15 heavy (non-hydrogen) atoms. The molecule has 0 unspecified atom stereocenters. The van der Waals surface area contributed by atoms with Gasteiger partial charge in [-0.05, 0) is 6.92 Å². The maximum atomic E-state index is 10.8. The van der Waals surface area contributed by atoms with Crippen LogP contribution in [0.25, 0.3) is 0 Å². The third-order valence-corrected chi connectivity index (χ3v) is 2.01. The molecule has 0 aliphatic carbocycles. The number of nitrogens with zero attached hydrogens (tertiary/aromatic N) is 2. The van der Waals surface area contributed by atoms with Gasteiger partial charge >= 0.3 is 11.8 Å². The topological polar surface area (TPSA) is 99.2 Å². The van der Waals surface area contributed by atoms with Gasteiger partial charge in [-0.1, -0.05) is 0 Å². The Morgan fingerprint density at radius 2 is 2.00 bits per heavy atom. The number of aromatic nitrogens is 2. The Balaban J connectivity index is 2.04. The van der Waals surface area contributed by atoms with Crippen LogP contribution in [0.15, 0.2) is 11.2 Å². The summed E-state index contributed by atoms with van der Waals surface area (Å²) in [5.41, 5.74) is 1.83. The van der Waals surface area contributed by atoms with Gasteiger partial charge in [0.15, 0.2) is 0 Å². The first-order valence-corrected chi connectivity index (χ1v) is 4.32. The van der Waals surface area contributed by atoms with Crippen LogP contribution in [0.3, 0.4) is 0 Å². The molecule has 7 heteroatoms. The summed E-state index contributed by atoms with van der Waals surface area (Å²) in [7, 11) is 0. The maximum Gasteiger partial charge on any atom is 0.316 e. The SMILES string of the molecule is Cc1[nH]ncc1CN=C1NC(=O)C(=O)N1. The highest BCUT2D eigenvalue weighted by molar-refractivity contribution is 6.45. The molecule has 1 aromatic rings. The Hall–Kier alpha value is -2.18. The minimum Gasteiger partial charge on any atom is -0.288 e. The average Bonchev–Trinajstić information content (AvgIpc) is 2.72. The lowest BCUT2D eigenvalue weighted by Gasteiger charge is -1.96. The van der Waals surface area contributed by atoms with E-state index in [0.29, 0.717) is 6.54 Å². The highest BCUT2D eigenvalue weighted by Crippen LogP contribution is 2.03. The summed E-state index contributed by atoms with van der Waals surface area (Å²) in [6.07, 6.45) is 1.65. The third kappa shape index (κ3) is 1.85. The summed E-state index contributed by atoms with van der Waals surface area (Å²) in [6.45, 7) is 2.23. The molecule has 0 saturated carbocycles. The van der Waals surface area contributed by atoms with Gasteiger partial charge in [0.2, 0.25) is 5.96 Å². The van der Waals surface area contributed by atoms with Crippen molar-refractivity contribution in [2.75, 3.05) is 0 Å². The molecular weight excluding hydrogens is 198 g/mol. The van der Waals surface area contributed by atoms with E-state index in [1.807, 2.05) is 6.92 Å². The molecule has 1 aliphatic rings. The van der Waals surface area contributed by atoms with E-state index in [9.17, 15) is 9.59 Å². The molecule has 1 aliphatic heterocycles. The number of aryl methyl sites for hydroxylation is 1. The number of amides is 2. The van der Waals surface area contributed by atoms with Gasteiger partial charge in [0.25, 0.3) is 0 Å². The van der Waals surface area contributed by atoms with E-state index in [0.717, 1.165) is 11.3 Å². The number of nitrogens with one attached hydrogen (secondary N) is 3. The third-order valence-electron chi connectivity index (χ3n) is 2.01. The number of hydrogen-bond acceptors (Lipinski definition) is 4. The number of aromatic amines is 1. The molecule has 2 rings (SSSR count). The van der Waals surface area contributed by atoms with Crippen LogP contribution < -0.4 is 10.6 Å². The first-order chi connectivity index (χ1) is 7.16. The monoisotopic (exact) mass is 207 g/mol. The second kappa shape index (κ2) is 3.52. The summed E-state index contributed by atoms with van der Waals surface area (Å²) in [5, 5.41) is 11.2. The zero-order valence-corrected chi connectivity index (χ0v) is 8.00. The van der Waals surface area contributed by atoms with Crippen LogP contribution in [0.5, 0.6) is 0 Å². The largest absolute Gasteiger partial charge is 0.316 e. The number of rotatable bonds is 2. The minimum absolute atomic E-state index is 0.186. The number of aliphatic imine (C=N–C) groups is 1. The quantitative estimate of drug-likeness (QED) is 0.532. The molecule has 0 bridgehead atoms. The van der Waals surface area contributed by atoms with Gasteiger partial charge in [-0.3, -0.25) is 25.3 Å². The van der Waals surface area contributed by atoms with Gasteiger partial charge in [-0.15, -0.1) is 0 Å². The standard InChI is InChI=1S/C8H9N5O2/c1-4-5(3-10-13-4)2-9-8-11-6(14)7(15)12-8/h3H,2H2,1H3,(H,10,13)(H2,9,11,12,14,15). The van der Waals surface area contributed by atoms with E-state index in [4.69, 9.17) is 0 Å². The maximum absolute atomic E-state index is 10.8. The van der Waals surface area contributed by atoms with Crippen LogP contribution in [0, 0.1) is 6.92 Å². The van der Waals surface area contributed by atoms with Crippen molar-refractivity contribution in [2.24, 2.45) is 4.99 Å². The number of H-pyrrole nitrogens is 1. The predicted molar refractivity (Wildman–Crippen MR) is 50.7 cm³/mol. The Kier molecular flexibility index (Phi) is 2.20. The number of hydrogen-bond donors (Lipinski definition) is 3. The first-order valence-electron chi connectivity index (χ1n) is 4.32. The fraction of sp³-hybridized carbons (Fsp3) is 0.250. The van der Waals surface area contributed by atoms with E-state index >= 15 is 0 Å². The fourth-order valence-corrected chi connectivity index (χ4v) is 1.14. The summed E-state index contributed by atoms with van der Waals surface area (Å²) >= 11 is 0. The van der Waals surface area contributed by atoms with Gasteiger partial charge < -0.3 is 0 Å². The lowest BCUT2D eigenvalue weighted by molar-refractivity contribution is -0.135. The van der Waals surface area contributed by atoms with Gasteiger partial charge in [0.1, 0.15) is 0 Å². The molecule has 2 heterocycles. The van der Waals surface area contributed by atoms with Crippen molar-refractivity contribution in [3.63, 3.8) is 0 Å². The van der Waals surface area contributed by atoms with Crippen LogP contribution in [0.2, 0.25) is 0 Å². The molecule has 0 atom stereocenters. The molecule has 0 radical (unpaired) electrons. The number of carbonyl (C=O) groups excluding carboxylic acids is 2. The van der Waals surface area contributed by atoms with E-state index in [-0.39, 0.29) is 5.96 Å². The van der Waals surface area contributed by atoms with Crippen molar-refractivity contribution in [1.82, 2.24) is 20.8 Å². The fourth-order valence-electron chi connectivity index (χ4n) is 1.14. The van der Waals surface area contributed by atoms with Crippen molar-refractivity contribution in [3.05, 3.63) is 17.5 Å². The Bertz CT molecular complexity index is 430. The van der Waals surface area contributed by atoms with E-state index in [2.05, 4.69) is 25.8 Å². The second-order valence-corrected chi connectivity index (χ2v) is 3.09. The van der Waals surface area contributed by atoms with Crippen molar-refractivity contribution in [1.29, 1.82) is 0 Å². The van der Waals surface area contributed by atoms with Crippen molar-refractivity contribution >= 4 is 17.8 Å². The molecule has 7 nitrogen and oxygen atoms in total. The summed E-state index contributed by atoms with van der Waals surface area (Å²) < 4.78 is 0. The molecule has 1 aromatic heterocycles. The first kappa shape index (κ1) is 9.38. The van der Waals surface area contributed by atoms with Gasteiger partial charge in [0, 0.05) is 11.3 Å². The van der Waals surface area contributed by atoms with E-state index in [1.54, 1.807) is 6.20 Å². The van der Waals surface area contributed by atoms with Crippen LogP contribution in [-0.4, -0.2) is 28.0 Å². The van der Waals surface area contributed by atoms with E-state index in [1.165, 1.54) is 0 Å². The van der Waals surface area contributed by atoms with Gasteiger partial charge in [0.05, 0.1) is 12.7 Å². The Morgan fingerprint density at radius 3 is 2.53 bits per heavy atom. The van der Waals surface area contributed by atoms with Gasteiger partial charge in [-0.25, -0.2) is 4.99 Å². The molecule has 2 amide bonds. The molecule has 78 valence electrons. The Morgan fingerprint density at radius 1 is 1.33 bits per heavy atom. The second-order valence-electron chi connectivity index (χ2n) is 3.09. The summed E-state index contributed by atoms with van der Waals surface area (Å²) in [4.78, 5) is 25.6. The number of carbonyl (C=O) groups is 2. The van der Waals surface area contributed by atoms with Crippen LogP contribution in [-0.2, 0) is 16.1 Å². The van der Waals surface area contributed by atoms with Crippen molar-refractivity contribution in [2.45, 2.75) is 13.5 Å². The van der Waals surface area contributed by atoms with Crippen LogP contribution in [0.1, 0.15) is 11.3 Å². The smallest absolute Gasteiger partial charge is 0.288 e. The van der Waals surface area contributed by atoms with E-state index < -0.39 is 11.8 Å². The molecule has 0 aromatic carbocycles. The number of guanidine groups is 1. The molecule has 1 fully saturated rings. The zero-order chi connectivity index (χ0) is 10.8. The summed E-state index contributed by atoms with van der Waals surface area (Å²) in [6, 6.07) is 0. The van der Waals surface area contributed by atoms with Crippen LogP contribution >= 0.6 is 0 Å². The minimum atomic E-state index is -0.683. The van der Waals surface area contributed by atoms with Crippen molar-refractivity contribution in [3.8, 4) is 0 Å². The highest BCUT2D eigenvalue weighted by Gasteiger charge is 2.24. The lowest BCUT2D eigenvalue weighted by Crippen LogP contribution is -2.25. The van der Waals surface area contributed by atoms with Crippen LogP contribution in [0.4, 0.5) is 0 Å². The molecule has 1 saturated heterocycles. The molecular formula is C8H9N5O2. The zero-order valence-electron chi connectivity index (χ0n) is 8.00. The highest BCUT2D eigenvalue weighted by atomic mass is 16.2. The summed E-state index contributed by atoms with van der Waals surface area (Å²) in [5.74, 6) is -1.18. The lowest BCUT2D eigenvalue weighted by atomic mass is 10.3. The molecule has 3 N–H and O–H groups in total. The molecule has 0 spiro atoms. The normalized spacial score (nSPS) is 15.1. The Labute approximate surface area is 85.0 Å². The van der Waals surface area contributed by atoms with Gasteiger partial charge in [-0.2, -0.15) is 5.10 Å². The van der Waals surface area contributed by atoms with Crippen molar-refractivity contribution < 1.29 is 9.59 Å². The average molecular weight is 207 g/mol.